The highest BCUT2D eigenvalue weighted by atomic mass is 32.2. The summed E-state index contributed by atoms with van der Waals surface area (Å²) >= 11 is 2.73. The van der Waals surface area contributed by atoms with Crippen LogP contribution in [0.25, 0.3) is 0 Å². The SMILES string of the molecule is CCCCCCC/C=C/CC(=C1SCCCS1)C(F)(F)F. The highest BCUT2D eigenvalue weighted by molar-refractivity contribution is 8.22. The molecule has 0 aliphatic carbocycles. The van der Waals surface area contributed by atoms with Gasteiger partial charge in [-0.3, -0.25) is 0 Å². The molecule has 0 bridgehead atoms. The summed E-state index contributed by atoms with van der Waals surface area (Å²) in [6.07, 6.45) is 7.29. The van der Waals surface area contributed by atoms with Gasteiger partial charge in [-0.05, 0) is 37.2 Å². The van der Waals surface area contributed by atoms with E-state index >= 15 is 0 Å². The lowest BCUT2D eigenvalue weighted by Crippen LogP contribution is -2.14. The Bertz CT molecular complexity index is 338. The van der Waals surface area contributed by atoms with Gasteiger partial charge < -0.3 is 0 Å². The molecule has 1 saturated heterocycles. The van der Waals surface area contributed by atoms with Crippen molar-refractivity contribution in [2.45, 2.75) is 64.5 Å². The molecule has 0 N–H and O–H groups in total. The van der Waals surface area contributed by atoms with Crippen molar-refractivity contribution < 1.29 is 13.2 Å². The Morgan fingerprint density at radius 3 is 2.33 bits per heavy atom. The molecule has 0 amide bonds. The average molecular weight is 339 g/mol. The van der Waals surface area contributed by atoms with Crippen molar-refractivity contribution in [2.24, 2.45) is 0 Å². The average Bonchev–Trinajstić information content (AvgIpc) is 2.45. The van der Waals surface area contributed by atoms with E-state index in [0.717, 1.165) is 30.8 Å². The van der Waals surface area contributed by atoms with Gasteiger partial charge in [0.05, 0.1) is 5.57 Å². The van der Waals surface area contributed by atoms with Crippen molar-refractivity contribution in [3.05, 3.63) is 22.0 Å². The molecule has 122 valence electrons. The topological polar surface area (TPSA) is 0 Å². The Morgan fingerprint density at radius 1 is 1.05 bits per heavy atom. The minimum absolute atomic E-state index is 0.0216. The Hall–Kier alpha value is -0.0300. The number of unbranched alkanes of at least 4 members (excludes halogenated alkanes) is 5. The number of thioether (sulfide) groups is 2. The molecule has 1 heterocycles. The Labute approximate surface area is 135 Å². The van der Waals surface area contributed by atoms with E-state index in [-0.39, 0.29) is 12.0 Å². The fourth-order valence-electron chi connectivity index (χ4n) is 2.10. The number of hydrogen-bond acceptors (Lipinski definition) is 2. The van der Waals surface area contributed by atoms with E-state index in [2.05, 4.69) is 6.92 Å². The van der Waals surface area contributed by atoms with Gasteiger partial charge in [0.15, 0.2) is 0 Å². The van der Waals surface area contributed by atoms with Gasteiger partial charge in [-0.15, -0.1) is 23.5 Å². The monoisotopic (exact) mass is 338 g/mol. The zero-order valence-electron chi connectivity index (χ0n) is 12.7. The molecule has 0 atom stereocenters. The molecule has 21 heavy (non-hydrogen) atoms. The maximum Gasteiger partial charge on any atom is 0.414 e. The molecule has 5 heteroatoms. The summed E-state index contributed by atoms with van der Waals surface area (Å²) in [6, 6.07) is 0. The standard InChI is InChI=1S/C16H25F3S2/c1-2-3-4-5-6-7-8-9-11-14(16(17,18)19)15-20-12-10-13-21-15/h8-9H,2-7,10-13H2,1H3/b9-8+. The highest BCUT2D eigenvalue weighted by Crippen LogP contribution is 2.43. The van der Waals surface area contributed by atoms with E-state index in [1.807, 2.05) is 6.08 Å². The molecule has 0 aromatic heterocycles. The summed E-state index contributed by atoms with van der Waals surface area (Å²) in [5, 5.41) is 0. The van der Waals surface area contributed by atoms with Gasteiger partial charge in [0.25, 0.3) is 0 Å². The lowest BCUT2D eigenvalue weighted by atomic mass is 10.1. The normalized spacial score (nSPS) is 16.7. The van der Waals surface area contributed by atoms with Crippen LogP contribution in [-0.2, 0) is 0 Å². The van der Waals surface area contributed by atoms with Crippen LogP contribution >= 0.6 is 23.5 Å². The van der Waals surface area contributed by atoms with Crippen LogP contribution in [0, 0.1) is 0 Å². The number of rotatable bonds is 8. The first-order valence-electron chi connectivity index (χ1n) is 7.76. The molecular formula is C16H25F3S2. The second kappa shape index (κ2) is 10.7. The molecule has 0 radical (unpaired) electrons. The quantitative estimate of drug-likeness (QED) is 0.347. The van der Waals surface area contributed by atoms with Gasteiger partial charge >= 0.3 is 6.18 Å². The maximum atomic E-state index is 13.1. The van der Waals surface area contributed by atoms with Crippen molar-refractivity contribution in [3.63, 3.8) is 0 Å². The van der Waals surface area contributed by atoms with Gasteiger partial charge in [-0.2, -0.15) is 13.2 Å². The Morgan fingerprint density at radius 2 is 1.71 bits per heavy atom. The van der Waals surface area contributed by atoms with Crippen LogP contribution in [0.2, 0.25) is 0 Å². The second-order valence-electron chi connectivity index (χ2n) is 5.19. The lowest BCUT2D eigenvalue weighted by Gasteiger charge is -2.19. The van der Waals surface area contributed by atoms with E-state index in [0.29, 0.717) is 4.24 Å². The lowest BCUT2D eigenvalue weighted by molar-refractivity contribution is -0.0928. The van der Waals surface area contributed by atoms with Gasteiger partial charge in [-0.25, -0.2) is 0 Å². The number of alkyl halides is 3. The fraction of sp³-hybridized carbons (Fsp3) is 0.750. The molecular weight excluding hydrogens is 313 g/mol. The summed E-state index contributed by atoms with van der Waals surface area (Å²) < 4.78 is 39.8. The van der Waals surface area contributed by atoms with E-state index in [1.165, 1.54) is 49.2 Å². The van der Waals surface area contributed by atoms with E-state index < -0.39 is 6.18 Å². The van der Waals surface area contributed by atoms with Crippen LogP contribution in [0.4, 0.5) is 13.2 Å². The number of allylic oxidation sites excluding steroid dienone is 3. The predicted octanol–water partition coefficient (Wildman–Crippen LogP) is 6.94. The summed E-state index contributed by atoms with van der Waals surface area (Å²) in [7, 11) is 0. The summed E-state index contributed by atoms with van der Waals surface area (Å²) in [4.78, 5) is 0. The molecule has 0 aromatic carbocycles. The van der Waals surface area contributed by atoms with Crippen molar-refractivity contribution in [1.29, 1.82) is 0 Å². The molecule has 0 unspecified atom stereocenters. The molecule has 0 aromatic rings. The van der Waals surface area contributed by atoms with E-state index in [9.17, 15) is 13.2 Å². The molecule has 0 nitrogen and oxygen atoms in total. The van der Waals surface area contributed by atoms with Crippen LogP contribution in [0.5, 0.6) is 0 Å². The van der Waals surface area contributed by atoms with Crippen LogP contribution in [0.1, 0.15) is 58.3 Å². The van der Waals surface area contributed by atoms with Gasteiger partial charge in [0.1, 0.15) is 0 Å². The van der Waals surface area contributed by atoms with Crippen LogP contribution < -0.4 is 0 Å². The minimum atomic E-state index is -4.20. The number of halogens is 3. The molecule has 1 aliphatic heterocycles. The van der Waals surface area contributed by atoms with Crippen LogP contribution in [0.15, 0.2) is 22.0 Å². The highest BCUT2D eigenvalue weighted by Gasteiger charge is 2.36. The molecule has 1 rings (SSSR count). The van der Waals surface area contributed by atoms with Gasteiger partial charge in [0, 0.05) is 4.24 Å². The van der Waals surface area contributed by atoms with Gasteiger partial charge in [0.2, 0.25) is 0 Å². The largest absolute Gasteiger partial charge is 0.414 e. The van der Waals surface area contributed by atoms with E-state index in [4.69, 9.17) is 0 Å². The fourth-order valence-corrected chi connectivity index (χ4v) is 4.81. The van der Waals surface area contributed by atoms with Crippen molar-refractivity contribution in [2.75, 3.05) is 11.5 Å². The third-order valence-electron chi connectivity index (χ3n) is 3.31. The zero-order valence-corrected chi connectivity index (χ0v) is 14.3. The first-order valence-corrected chi connectivity index (χ1v) is 9.73. The maximum absolute atomic E-state index is 13.1. The molecule has 0 saturated carbocycles. The van der Waals surface area contributed by atoms with Crippen molar-refractivity contribution >= 4 is 23.5 Å². The molecule has 1 aliphatic rings. The Balaban J connectivity index is 2.40. The second-order valence-corrected chi connectivity index (χ2v) is 7.66. The smallest absolute Gasteiger partial charge is 0.166 e. The summed E-state index contributed by atoms with van der Waals surface area (Å²) in [5.74, 6) is 1.62. The van der Waals surface area contributed by atoms with Crippen molar-refractivity contribution in [1.82, 2.24) is 0 Å². The summed E-state index contributed by atoms with van der Waals surface area (Å²) in [6.45, 7) is 2.17. The molecule has 1 fully saturated rings. The number of hydrogen-bond donors (Lipinski definition) is 0. The first-order chi connectivity index (χ1) is 10.1. The third-order valence-corrected chi connectivity index (χ3v) is 6.02. The minimum Gasteiger partial charge on any atom is -0.166 e. The molecule has 0 spiro atoms. The van der Waals surface area contributed by atoms with E-state index in [1.54, 1.807) is 6.08 Å². The predicted molar refractivity (Wildman–Crippen MR) is 89.7 cm³/mol. The first kappa shape index (κ1) is 19.0. The Kier molecular flexibility index (Phi) is 9.65. The zero-order chi connectivity index (χ0) is 15.6. The van der Waals surface area contributed by atoms with Crippen molar-refractivity contribution in [3.8, 4) is 0 Å². The van der Waals surface area contributed by atoms with Gasteiger partial charge in [-0.1, -0.05) is 44.8 Å². The third kappa shape index (κ3) is 8.24. The van der Waals surface area contributed by atoms with Crippen LogP contribution in [0.3, 0.4) is 0 Å². The summed E-state index contributed by atoms with van der Waals surface area (Å²) in [5.41, 5.74) is -0.348. The van der Waals surface area contributed by atoms with Crippen LogP contribution in [-0.4, -0.2) is 17.7 Å².